The summed E-state index contributed by atoms with van der Waals surface area (Å²) in [5.41, 5.74) is 1.16. The minimum Gasteiger partial charge on any atom is -0.352 e. The molecule has 2 aliphatic rings. The van der Waals surface area contributed by atoms with Crippen LogP contribution in [0.2, 0.25) is 0 Å². The first-order chi connectivity index (χ1) is 15.1. The normalized spacial score (nSPS) is 19.1. The molecule has 1 aliphatic carbocycles. The van der Waals surface area contributed by atoms with Gasteiger partial charge in [0.15, 0.2) is 11.8 Å². The predicted molar refractivity (Wildman–Crippen MR) is 136 cm³/mol. The maximum Gasteiger partial charge on any atom is 0.225 e. The highest BCUT2D eigenvalue weighted by Gasteiger charge is 2.32. The SMILES string of the molecule is Cc1nnc(CNC(=NCc2ccccc2)NC2CCN(C(=O)C3CCCC3)C2)n1C.I. The van der Waals surface area contributed by atoms with E-state index in [9.17, 15) is 4.79 Å². The van der Waals surface area contributed by atoms with E-state index < -0.39 is 0 Å². The van der Waals surface area contributed by atoms with Gasteiger partial charge in [-0.3, -0.25) is 4.79 Å². The number of amides is 1. The smallest absolute Gasteiger partial charge is 0.225 e. The van der Waals surface area contributed by atoms with Crippen molar-refractivity contribution in [3.05, 3.63) is 47.5 Å². The van der Waals surface area contributed by atoms with Crippen LogP contribution in [0.15, 0.2) is 35.3 Å². The number of hydrogen-bond acceptors (Lipinski definition) is 4. The van der Waals surface area contributed by atoms with E-state index in [0.717, 1.165) is 55.5 Å². The number of benzene rings is 1. The summed E-state index contributed by atoms with van der Waals surface area (Å²) in [6.45, 7) is 4.63. The fourth-order valence-electron chi connectivity index (χ4n) is 4.38. The zero-order valence-corrected chi connectivity index (χ0v) is 21.3. The summed E-state index contributed by atoms with van der Waals surface area (Å²) in [4.78, 5) is 19.6. The fraction of sp³-hybridized carbons (Fsp3) is 0.565. The van der Waals surface area contributed by atoms with Gasteiger partial charge in [-0.2, -0.15) is 0 Å². The second kappa shape index (κ2) is 11.6. The third kappa shape index (κ3) is 6.20. The van der Waals surface area contributed by atoms with Gasteiger partial charge in [-0.05, 0) is 31.7 Å². The van der Waals surface area contributed by atoms with Gasteiger partial charge >= 0.3 is 0 Å². The molecule has 1 saturated heterocycles. The molecule has 2 aromatic rings. The fourth-order valence-corrected chi connectivity index (χ4v) is 4.38. The van der Waals surface area contributed by atoms with Crippen LogP contribution >= 0.6 is 24.0 Å². The third-order valence-corrected chi connectivity index (χ3v) is 6.40. The molecule has 1 aliphatic heterocycles. The summed E-state index contributed by atoms with van der Waals surface area (Å²) in [7, 11) is 1.96. The van der Waals surface area contributed by atoms with Crippen LogP contribution in [0.25, 0.3) is 0 Å². The Hall–Kier alpha value is -2.17. The molecule has 1 amide bonds. The molecule has 8 nitrogen and oxygen atoms in total. The van der Waals surface area contributed by atoms with E-state index in [1.807, 2.05) is 41.6 Å². The number of aliphatic imine (C=N–C) groups is 1. The molecule has 2 N–H and O–H groups in total. The average molecular weight is 551 g/mol. The Morgan fingerprint density at radius 1 is 1.16 bits per heavy atom. The van der Waals surface area contributed by atoms with E-state index in [1.54, 1.807) is 0 Å². The summed E-state index contributed by atoms with van der Waals surface area (Å²) < 4.78 is 1.97. The molecule has 1 aromatic heterocycles. The van der Waals surface area contributed by atoms with Crippen LogP contribution < -0.4 is 10.6 Å². The van der Waals surface area contributed by atoms with Gasteiger partial charge in [-0.25, -0.2) is 4.99 Å². The van der Waals surface area contributed by atoms with Crippen molar-refractivity contribution in [2.24, 2.45) is 18.0 Å². The summed E-state index contributed by atoms with van der Waals surface area (Å²) >= 11 is 0. The van der Waals surface area contributed by atoms with Gasteiger partial charge < -0.3 is 20.1 Å². The number of aryl methyl sites for hydroxylation is 1. The van der Waals surface area contributed by atoms with Crippen molar-refractivity contribution in [3.63, 3.8) is 0 Å². The molecule has 2 fully saturated rings. The number of hydrogen-bond donors (Lipinski definition) is 2. The number of carbonyl (C=O) groups is 1. The highest BCUT2D eigenvalue weighted by molar-refractivity contribution is 14.0. The lowest BCUT2D eigenvalue weighted by Gasteiger charge is -2.21. The molecule has 2 heterocycles. The number of carbonyl (C=O) groups excluding carboxylic acids is 1. The topological polar surface area (TPSA) is 87.4 Å². The number of guanidine groups is 1. The van der Waals surface area contributed by atoms with Crippen molar-refractivity contribution in [2.45, 2.75) is 58.2 Å². The van der Waals surface area contributed by atoms with E-state index in [1.165, 1.54) is 12.8 Å². The van der Waals surface area contributed by atoms with Crippen LogP contribution in [0.4, 0.5) is 0 Å². The van der Waals surface area contributed by atoms with Crippen LogP contribution in [0.1, 0.15) is 49.3 Å². The zero-order valence-electron chi connectivity index (χ0n) is 19.0. The first kappa shape index (κ1) is 24.5. The summed E-state index contributed by atoms with van der Waals surface area (Å²) in [6.07, 6.45) is 5.42. The quantitative estimate of drug-likeness (QED) is 0.328. The van der Waals surface area contributed by atoms with Crippen LogP contribution in [-0.4, -0.2) is 50.7 Å². The van der Waals surface area contributed by atoms with Crippen LogP contribution in [0, 0.1) is 12.8 Å². The number of nitrogens with one attached hydrogen (secondary N) is 2. The molecule has 32 heavy (non-hydrogen) atoms. The van der Waals surface area contributed by atoms with Crippen LogP contribution in [0.5, 0.6) is 0 Å². The minimum atomic E-state index is 0. The number of rotatable bonds is 6. The van der Waals surface area contributed by atoms with Gasteiger partial charge in [-0.1, -0.05) is 43.2 Å². The summed E-state index contributed by atoms with van der Waals surface area (Å²) in [5.74, 6) is 3.06. The molecular formula is C23H34IN7O. The summed E-state index contributed by atoms with van der Waals surface area (Å²) in [6, 6.07) is 10.4. The standard InChI is InChI=1S/C23H33N7O.HI/c1-17-27-28-21(29(17)2)15-25-23(24-14-18-8-4-3-5-9-18)26-20-12-13-30(16-20)22(31)19-10-6-7-11-19;/h3-5,8-9,19-20H,6-7,10-16H2,1-2H3,(H2,24,25,26);1H. The van der Waals surface area contributed by atoms with Gasteiger partial charge in [0.1, 0.15) is 5.82 Å². The van der Waals surface area contributed by atoms with Gasteiger partial charge in [0, 0.05) is 32.1 Å². The molecule has 4 rings (SSSR count). The van der Waals surface area contributed by atoms with Crippen LogP contribution in [0.3, 0.4) is 0 Å². The van der Waals surface area contributed by atoms with Crippen molar-refractivity contribution >= 4 is 35.8 Å². The Balaban J connectivity index is 0.00000289. The lowest BCUT2D eigenvalue weighted by atomic mass is 10.1. The van der Waals surface area contributed by atoms with Crippen molar-refractivity contribution in [1.82, 2.24) is 30.3 Å². The Labute approximate surface area is 207 Å². The Bertz CT molecular complexity index is 908. The monoisotopic (exact) mass is 551 g/mol. The van der Waals surface area contributed by atoms with Crippen molar-refractivity contribution in [1.29, 1.82) is 0 Å². The van der Waals surface area contributed by atoms with Crippen molar-refractivity contribution < 1.29 is 4.79 Å². The molecular weight excluding hydrogens is 517 g/mol. The first-order valence-electron chi connectivity index (χ1n) is 11.3. The number of aromatic nitrogens is 3. The molecule has 1 atom stereocenters. The third-order valence-electron chi connectivity index (χ3n) is 6.40. The van der Waals surface area contributed by atoms with Crippen molar-refractivity contribution in [2.75, 3.05) is 13.1 Å². The molecule has 174 valence electrons. The zero-order chi connectivity index (χ0) is 21.6. The molecule has 1 aromatic carbocycles. The highest BCUT2D eigenvalue weighted by atomic mass is 127. The van der Waals surface area contributed by atoms with E-state index in [-0.39, 0.29) is 35.9 Å². The van der Waals surface area contributed by atoms with E-state index in [4.69, 9.17) is 4.99 Å². The first-order valence-corrected chi connectivity index (χ1v) is 11.3. The van der Waals surface area contributed by atoms with Gasteiger partial charge in [0.25, 0.3) is 0 Å². The van der Waals surface area contributed by atoms with Crippen LogP contribution in [-0.2, 0) is 24.9 Å². The van der Waals surface area contributed by atoms with Gasteiger partial charge in [0.05, 0.1) is 13.1 Å². The molecule has 1 unspecified atom stereocenters. The lowest BCUT2D eigenvalue weighted by molar-refractivity contribution is -0.134. The van der Waals surface area contributed by atoms with E-state index >= 15 is 0 Å². The second-order valence-electron chi connectivity index (χ2n) is 8.62. The number of halogens is 1. The Morgan fingerprint density at radius 2 is 1.91 bits per heavy atom. The highest BCUT2D eigenvalue weighted by Crippen LogP contribution is 2.27. The van der Waals surface area contributed by atoms with Gasteiger partial charge in [-0.15, -0.1) is 34.2 Å². The minimum absolute atomic E-state index is 0. The van der Waals surface area contributed by atoms with E-state index in [0.29, 0.717) is 19.0 Å². The number of nitrogens with zero attached hydrogens (tertiary/aromatic N) is 5. The van der Waals surface area contributed by atoms with E-state index in [2.05, 4.69) is 33.0 Å². The molecule has 0 radical (unpaired) electrons. The predicted octanol–water partition coefficient (Wildman–Crippen LogP) is 2.77. The largest absolute Gasteiger partial charge is 0.352 e. The molecule has 9 heteroatoms. The van der Waals surface area contributed by atoms with Gasteiger partial charge in [0.2, 0.25) is 5.91 Å². The maximum absolute atomic E-state index is 12.8. The van der Waals surface area contributed by atoms with Crippen molar-refractivity contribution in [3.8, 4) is 0 Å². The molecule has 0 spiro atoms. The molecule has 0 bridgehead atoms. The Morgan fingerprint density at radius 3 is 2.59 bits per heavy atom. The average Bonchev–Trinajstić information content (AvgIpc) is 3.54. The molecule has 1 saturated carbocycles. The lowest BCUT2D eigenvalue weighted by Crippen LogP contribution is -2.45. The number of likely N-dealkylation sites (tertiary alicyclic amines) is 1. The second-order valence-corrected chi connectivity index (χ2v) is 8.62. The maximum atomic E-state index is 12.8. The summed E-state index contributed by atoms with van der Waals surface area (Å²) in [5, 5.41) is 15.3. The Kier molecular flexibility index (Phi) is 8.89.